The van der Waals surface area contributed by atoms with Crippen LogP contribution in [0.2, 0.25) is 0 Å². The van der Waals surface area contributed by atoms with Crippen molar-refractivity contribution < 1.29 is 8.78 Å². The molecule has 1 aromatic heterocycles. The molecule has 0 spiro atoms. The van der Waals surface area contributed by atoms with E-state index in [0.29, 0.717) is 22.5 Å². The number of anilines is 6. The van der Waals surface area contributed by atoms with Crippen LogP contribution < -0.4 is 9.80 Å². The van der Waals surface area contributed by atoms with Crippen LogP contribution in [0.5, 0.6) is 0 Å². The molecule has 15 aromatic rings. The fourth-order valence-electron chi connectivity index (χ4n) is 12.1. The summed E-state index contributed by atoms with van der Waals surface area (Å²) in [6.07, 6.45) is 0. The maximum absolute atomic E-state index is 18.1. The van der Waals surface area contributed by atoms with Crippen LogP contribution in [0.4, 0.5) is 42.9 Å². The Kier molecular flexibility index (Phi) is 11.8. The number of rotatable bonds is 10. The zero-order valence-corrected chi connectivity index (χ0v) is 44.6. The van der Waals surface area contributed by atoms with Gasteiger partial charge in [-0.15, -0.1) is 11.3 Å². The molecule has 81 heavy (non-hydrogen) atoms. The molecule has 0 aliphatic carbocycles. The van der Waals surface area contributed by atoms with Crippen molar-refractivity contribution in [3.8, 4) is 44.5 Å². The predicted octanol–water partition coefficient (Wildman–Crippen LogP) is 22.6. The first kappa shape index (κ1) is 48.0. The van der Waals surface area contributed by atoms with Crippen LogP contribution in [0.1, 0.15) is 0 Å². The number of halogens is 2. The van der Waals surface area contributed by atoms with E-state index in [2.05, 4.69) is 168 Å². The Labute approximate surface area is 471 Å². The molecule has 0 saturated heterocycles. The highest BCUT2D eigenvalue weighted by molar-refractivity contribution is 7.27. The number of hydrogen-bond donors (Lipinski definition) is 0. The largest absolute Gasteiger partial charge is 0.307 e. The van der Waals surface area contributed by atoms with E-state index in [-0.39, 0.29) is 11.6 Å². The molecular weight excluding hydrogens is 1010 g/mol. The topological polar surface area (TPSA) is 6.48 Å². The van der Waals surface area contributed by atoms with Crippen molar-refractivity contribution in [1.29, 1.82) is 0 Å². The van der Waals surface area contributed by atoms with Gasteiger partial charge in [-0.1, -0.05) is 231 Å². The third kappa shape index (κ3) is 8.28. The van der Waals surface area contributed by atoms with Crippen LogP contribution in [0.25, 0.3) is 108 Å². The predicted molar refractivity (Wildman–Crippen MR) is 340 cm³/mol. The molecular formula is C76H48F2N2S. The number of fused-ring (bicyclic) bond motifs is 10. The molecule has 0 amide bonds. The summed E-state index contributed by atoms with van der Waals surface area (Å²) in [5.74, 6) is -0.617. The molecule has 14 aromatic carbocycles. The van der Waals surface area contributed by atoms with Crippen molar-refractivity contribution >= 4 is 109 Å². The molecule has 1 heterocycles. The first-order valence-electron chi connectivity index (χ1n) is 27.3. The highest BCUT2D eigenvalue weighted by Gasteiger charge is 2.27. The quantitative estimate of drug-likeness (QED) is 0.126. The summed E-state index contributed by atoms with van der Waals surface area (Å²) in [4.78, 5) is 4.23. The molecule has 15 rings (SSSR count). The SMILES string of the molecule is Fc1c(-c2ccccc2)cc(-c2ccccc2)cc1N(c1ccc2c(c1)sc1c3ccc(N(c4cc(-c5ccccc5)cc(-c5ccccc5)c4F)c4cccc5ccccc45)cc3c3ccccc3c21)c1cccc2ccccc12. The molecule has 0 bridgehead atoms. The Bertz CT molecular complexity index is 4890. The smallest absolute Gasteiger partial charge is 0.155 e. The second-order valence-electron chi connectivity index (χ2n) is 20.6. The van der Waals surface area contributed by atoms with E-state index in [9.17, 15) is 0 Å². The van der Waals surface area contributed by atoms with E-state index < -0.39 is 0 Å². The molecule has 0 saturated carbocycles. The van der Waals surface area contributed by atoms with Gasteiger partial charge in [0.25, 0.3) is 0 Å². The van der Waals surface area contributed by atoms with Crippen LogP contribution >= 0.6 is 11.3 Å². The van der Waals surface area contributed by atoms with E-state index in [1.165, 1.54) is 0 Å². The van der Waals surface area contributed by atoms with Crippen molar-refractivity contribution in [2.24, 2.45) is 0 Å². The zero-order valence-electron chi connectivity index (χ0n) is 43.8. The minimum Gasteiger partial charge on any atom is -0.307 e. The first-order chi connectivity index (χ1) is 40.0. The van der Waals surface area contributed by atoms with Gasteiger partial charge in [-0.05, 0) is 121 Å². The molecule has 0 fully saturated rings. The molecule has 0 N–H and O–H groups in total. The standard InChI is InChI=1S/C76H48F2N2S/c77-74-65(53-25-9-3-10-26-53)43-55(49-21-5-1-6-22-49)45-70(74)79(68-37-19-31-51-29-13-15-33-59(51)68)57-39-41-63-67(47-57)61-35-17-18-36-62(61)73-64-42-40-58(48-72(64)81-76(63)73)80(69-38-20-32-52-30-14-16-34-60(52)69)71-46-56(50-23-7-2-8-24-50)44-66(75(71)78)54-27-11-4-12-28-54/h1-48H. The summed E-state index contributed by atoms with van der Waals surface area (Å²) in [7, 11) is 0. The Morgan fingerprint density at radius 1 is 0.259 bits per heavy atom. The lowest BCUT2D eigenvalue weighted by Gasteiger charge is -2.29. The van der Waals surface area contributed by atoms with Gasteiger partial charge in [0, 0.05) is 58.8 Å². The van der Waals surface area contributed by atoms with Gasteiger partial charge in [0.15, 0.2) is 11.6 Å². The maximum atomic E-state index is 18.1. The summed E-state index contributed by atoms with van der Waals surface area (Å²) in [6.45, 7) is 0. The second-order valence-corrected chi connectivity index (χ2v) is 21.7. The average Bonchev–Trinajstić information content (AvgIpc) is 4.16. The van der Waals surface area contributed by atoms with E-state index >= 15 is 8.78 Å². The van der Waals surface area contributed by atoms with Crippen LogP contribution in [0, 0.1) is 11.6 Å². The third-order valence-corrected chi connectivity index (χ3v) is 17.1. The van der Waals surface area contributed by atoms with Crippen LogP contribution in [-0.4, -0.2) is 0 Å². The molecule has 382 valence electrons. The lowest BCUT2D eigenvalue weighted by atomic mass is 9.95. The van der Waals surface area contributed by atoms with Crippen molar-refractivity contribution in [2.45, 2.75) is 0 Å². The molecule has 0 radical (unpaired) electrons. The minimum atomic E-state index is -0.310. The lowest BCUT2D eigenvalue weighted by molar-refractivity contribution is 0.632. The van der Waals surface area contributed by atoms with Crippen LogP contribution in [-0.2, 0) is 0 Å². The Hall–Kier alpha value is -10.2. The van der Waals surface area contributed by atoms with Gasteiger partial charge in [-0.3, -0.25) is 0 Å². The van der Waals surface area contributed by atoms with Crippen LogP contribution in [0.15, 0.2) is 291 Å². The number of benzene rings is 14. The molecule has 0 unspecified atom stereocenters. The highest BCUT2D eigenvalue weighted by atomic mass is 32.1. The Balaban J connectivity index is 0.964. The third-order valence-electron chi connectivity index (χ3n) is 15.9. The van der Waals surface area contributed by atoms with Gasteiger partial charge >= 0.3 is 0 Å². The van der Waals surface area contributed by atoms with Crippen molar-refractivity contribution in [2.75, 3.05) is 9.80 Å². The normalized spacial score (nSPS) is 11.6. The number of thiophene rings is 1. The summed E-state index contributed by atoms with van der Waals surface area (Å²) in [5, 5.41) is 10.8. The van der Waals surface area contributed by atoms with Gasteiger partial charge < -0.3 is 9.80 Å². The Morgan fingerprint density at radius 3 is 1.17 bits per heavy atom. The van der Waals surface area contributed by atoms with Gasteiger partial charge in [-0.2, -0.15) is 0 Å². The minimum absolute atomic E-state index is 0.307. The summed E-state index contributed by atoms with van der Waals surface area (Å²) < 4.78 is 38.4. The van der Waals surface area contributed by atoms with Crippen molar-refractivity contribution in [1.82, 2.24) is 0 Å². The van der Waals surface area contributed by atoms with Gasteiger partial charge in [-0.25, -0.2) is 8.78 Å². The van der Waals surface area contributed by atoms with Crippen molar-refractivity contribution in [3.63, 3.8) is 0 Å². The van der Waals surface area contributed by atoms with E-state index in [4.69, 9.17) is 0 Å². The molecule has 5 heteroatoms. The van der Waals surface area contributed by atoms with Crippen LogP contribution in [0.3, 0.4) is 0 Å². The molecule has 2 nitrogen and oxygen atoms in total. The summed E-state index contributed by atoms with van der Waals surface area (Å²) in [6, 6.07) is 99.2. The number of nitrogens with zero attached hydrogens (tertiary/aromatic N) is 2. The second kappa shape index (κ2) is 19.9. The van der Waals surface area contributed by atoms with Gasteiger partial charge in [0.1, 0.15) is 0 Å². The molecule has 0 atom stereocenters. The zero-order chi connectivity index (χ0) is 54.0. The lowest BCUT2D eigenvalue weighted by Crippen LogP contribution is -2.13. The van der Waals surface area contributed by atoms with Crippen molar-refractivity contribution in [3.05, 3.63) is 303 Å². The summed E-state index contributed by atoms with van der Waals surface area (Å²) >= 11 is 1.75. The summed E-state index contributed by atoms with van der Waals surface area (Å²) in [5.41, 5.74) is 10.8. The van der Waals surface area contributed by atoms with E-state index in [0.717, 1.165) is 119 Å². The maximum Gasteiger partial charge on any atom is 0.155 e. The Morgan fingerprint density at radius 2 is 0.667 bits per heavy atom. The molecule has 0 aliphatic rings. The van der Waals surface area contributed by atoms with E-state index in [1.807, 2.05) is 133 Å². The first-order valence-corrected chi connectivity index (χ1v) is 28.1. The molecule has 0 aliphatic heterocycles. The van der Waals surface area contributed by atoms with E-state index in [1.54, 1.807) is 11.3 Å². The van der Waals surface area contributed by atoms with Gasteiger partial charge in [0.2, 0.25) is 0 Å². The fraction of sp³-hybridized carbons (Fsp3) is 0. The van der Waals surface area contributed by atoms with Gasteiger partial charge in [0.05, 0.1) is 22.7 Å². The fourth-order valence-corrected chi connectivity index (χ4v) is 13.4. The average molecular weight is 1060 g/mol. The number of hydrogen-bond acceptors (Lipinski definition) is 3. The highest BCUT2D eigenvalue weighted by Crippen LogP contribution is 2.51. The monoisotopic (exact) mass is 1060 g/mol.